The molecule has 1 unspecified atom stereocenters. The normalized spacial score (nSPS) is 26.8. The first kappa shape index (κ1) is 23.9. The highest BCUT2D eigenvalue weighted by Crippen LogP contribution is 2.62. The highest BCUT2D eigenvalue weighted by Gasteiger charge is 2.76. The van der Waals surface area contributed by atoms with Crippen molar-refractivity contribution in [3.63, 3.8) is 0 Å². The fourth-order valence-corrected chi connectivity index (χ4v) is 4.98. The molecule has 2 saturated heterocycles. The molecule has 1 saturated carbocycles. The molecule has 1 aliphatic carbocycles. The predicted molar refractivity (Wildman–Crippen MR) is 121 cm³/mol. The molecule has 1 aromatic carbocycles. The Morgan fingerprint density at radius 3 is 2.56 bits per heavy atom. The third-order valence-electron chi connectivity index (χ3n) is 6.67. The molecule has 3 heterocycles. The summed E-state index contributed by atoms with van der Waals surface area (Å²) in [5, 5.41) is 5.80. The molecule has 0 radical (unpaired) electrons. The fraction of sp³-hybridized carbons (Fsp3) is 0.391. The van der Waals surface area contributed by atoms with E-state index >= 15 is 0 Å². The van der Waals surface area contributed by atoms with E-state index in [1.165, 1.54) is 13.1 Å². The van der Waals surface area contributed by atoms with Crippen LogP contribution in [-0.4, -0.2) is 49.3 Å². The van der Waals surface area contributed by atoms with Crippen molar-refractivity contribution >= 4 is 30.1 Å². The Morgan fingerprint density at radius 2 is 2.00 bits per heavy atom. The summed E-state index contributed by atoms with van der Waals surface area (Å²) < 4.78 is 35.1. The zero-order valence-corrected chi connectivity index (χ0v) is 19.0. The van der Waals surface area contributed by atoms with Crippen LogP contribution in [0.5, 0.6) is 0 Å². The minimum Gasteiger partial charge on any atom is -0.442 e. The molecule has 8 nitrogen and oxygen atoms in total. The Labute approximate surface area is 200 Å². The minimum atomic E-state index is -0.843. The zero-order valence-electron chi connectivity index (χ0n) is 18.2. The van der Waals surface area contributed by atoms with Crippen LogP contribution in [0.4, 0.5) is 19.3 Å². The number of nitrogens with one attached hydrogen (secondary N) is 2. The maximum Gasteiger partial charge on any atom is 0.414 e. The van der Waals surface area contributed by atoms with Gasteiger partial charge in [0.15, 0.2) is 0 Å². The molecule has 2 aromatic rings. The van der Waals surface area contributed by atoms with Gasteiger partial charge in [-0.05, 0) is 18.2 Å². The largest absolute Gasteiger partial charge is 0.442 e. The Balaban J connectivity index is 0.00000274. The first-order chi connectivity index (χ1) is 15.8. The number of amides is 2. The first-order valence-corrected chi connectivity index (χ1v) is 10.6. The highest BCUT2D eigenvalue weighted by atomic mass is 35.5. The number of pyridine rings is 1. The van der Waals surface area contributed by atoms with E-state index in [0.717, 1.165) is 30.1 Å². The summed E-state index contributed by atoms with van der Waals surface area (Å²) in [7, 11) is 0. The fourth-order valence-electron chi connectivity index (χ4n) is 4.98. The molecule has 3 fully saturated rings. The number of hydrogen-bond donors (Lipinski definition) is 2. The van der Waals surface area contributed by atoms with E-state index < -0.39 is 29.4 Å². The monoisotopic (exact) mass is 489 g/mol. The molecule has 3 aliphatic rings. The maximum absolute atomic E-state index is 15.0. The van der Waals surface area contributed by atoms with E-state index in [2.05, 4.69) is 20.5 Å². The number of ether oxygens (including phenoxy) is 1. The van der Waals surface area contributed by atoms with Crippen LogP contribution in [0.1, 0.15) is 12.6 Å². The molecule has 11 heteroatoms. The van der Waals surface area contributed by atoms with Crippen LogP contribution in [0.25, 0.3) is 16.0 Å². The summed E-state index contributed by atoms with van der Waals surface area (Å²) in [6, 6.07) is 5.40. The van der Waals surface area contributed by atoms with Crippen molar-refractivity contribution in [2.24, 2.45) is 11.8 Å². The molecule has 0 bridgehead atoms. The second-order valence-corrected chi connectivity index (χ2v) is 8.58. The number of piperidine rings is 1. The van der Waals surface area contributed by atoms with Crippen molar-refractivity contribution in [3.8, 4) is 11.1 Å². The third-order valence-corrected chi connectivity index (χ3v) is 6.67. The van der Waals surface area contributed by atoms with E-state index in [1.807, 2.05) is 0 Å². The molecule has 2 aliphatic heterocycles. The average Bonchev–Trinajstić information content (AvgIpc) is 3.09. The van der Waals surface area contributed by atoms with Gasteiger partial charge in [0.2, 0.25) is 5.91 Å². The highest BCUT2D eigenvalue weighted by molar-refractivity contribution is 5.90. The van der Waals surface area contributed by atoms with Crippen LogP contribution in [0.3, 0.4) is 0 Å². The number of rotatable bonds is 5. The van der Waals surface area contributed by atoms with Gasteiger partial charge in [-0.3, -0.25) is 14.7 Å². The van der Waals surface area contributed by atoms with Crippen molar-refractivity contribution in [1.82, 2.24) is 15.6 Å². The van der Waals surface area contributed by atoms with Gasteiger partial charge < -0.3 is 20.2 Å². The Kier molecular flexibility index (Phi) is 6.18. The average molecular weight is 490 g/mol. The van der Waals surface area contributed by atoms with Crippen LogP contribution < -0.4 is 15.5 Å². The number of benzene rings is 1. The van der Waals surface area contributed by atoms with Crippen LogP contribution in [-0.2, 0) is 15.1 Å². The number of carbonyl (C=O) groups excluding carboxylic acids is 2. The number of halogens is 3. The number of carbonyl (C=O) groups is 2. The standard InChI is InChI=1S/C23H21F2N5O3.ClH/c1-12(31)28-8-15-11-30(22(32)33-15)14-5-18(24)21(19(25)6-14)13-3-4-20(29-7-13)23(26-2)16-9-27-10-17(16)23;/h3-7,15-17,27H,8-11H2,1H3,(H,28,31);1H/t15-,16-,17+,23?;/m0./s1. The number of cyclic esters (lactones) is 1. The minimum absolute atomic E-state index is 0. The van der Waals surface area contributed by atoms with Crippen LogP contribution in [0.2, 0.25) is 0 Å². The van der Waals surface area contributed by atoms with Crippen LogP contribution in [0, 0.1) is 30.0 Å². The maximum atomic E-state index is 15.0. The summed E-state index contributed by atoms with van der Waals surface area (Å²) in [6.45, 7) is 10.7. The summed E-state index contributed by atoms with van der Waals surface area (Å²) in [5.41, 5.74) is -0.0000434. The van der Waals surface area contributed by atoms with Gasteiger partial charge in [0, 0.05) is 31.8 Å². The van der Waals surface area contributed by atoms with Gasteiger partial charge in [0.05, 0.1) is 36.2 Å². The van der Waals surface area contributed by atoms with Gasteiger partial charge >= 0.3 is 6.09 Å². The molecular weight excluding hydrogens is 468 g/mol. The lowest BCUT2D eigenvalue weighted by atomic mass is 10.0. The van der Waals surface area contributed by atoms with E-state index in [1.54, 1.807) is 12.1 Å². The van der Waals surface area contributed by atoms with Crippen molar-refractivity contribution in [3.05, 3.63) is 59.2 Å². The molecule has 0 spiro atoms. The van der Waals surface area contributed by atoms with Gasteiger partial charge in [-0.25, -0.2) is 20.1 Å². The molecular formula is C23H22ClF2N5O3. The Bertz CT molecular complexity index is 1150. The molecule has 4 atom stereocenters. The lowest BCUT2D eigenvalue weighted by Crippen LogP contribution is -2.33. The van der Waals surface area contributed by atoms with Gasteiger partial charge in [-0.2, -0.15) is 0 Å². The van der Waals surface area contributed by atoms with Crippen molar-refractivity contribution in [2.75, 3.05) is 31.1 Å². The van der Waals surface area contributed by atoms with Gasteiger partial charge in [0.25, 0.3) is 5.54 Å². The summed E-state index contributed by atoms with van der Waals surface area (Å²) in [4.78, 5) is 32.6. The zero-order chi connectivity index (χ0) is 23.3. The second kappa shape index (κ2) is 8.81. The predicted octanol–water partition coefficient (Wildman–Crippen LogP) is 2.87. The molecule has 2 amide bonds. The van der Waals surface area contributed by atoms with Gasteiger partial charge in [-0.1, -0.05) is 6.07 Å². The Hall–Kier alpha value is -3.29. The molecule has 2 N–H and O–H groups in total. The molecule has 1 aromatic heterocycles. The number of aromatic nitrogens is 1. The van der Waals surface area contributed by atoms with Crippen LogP contribution >= 0.6 is 12.4 Å². The summed E-state index contributed by atoms with van der Waals surface area (Å²) in [6.07, 6.45) is 0.0334. The second-order valence-electron chi connectivity index (χ2n) is 8.58. The van der Waals surface area contributed by atoms with E-state index in [0.29, 0.717) is 5.69 Å². The lowest BCUT2D eigenvalue weighted by Gasteiger charge is -2.16. The van der Waals surface area contributed by atoms with Crippen molar-refractivity contribution in [2.45, 2.75) is 18.6 Å². The first-order valence-electron chi connectivity index (χ1n) is 10.6. The van der Waals surface area contributed by atoms with E-state index in [4.69, 9.17) is 11.3 Å². The van der Waals surface area contributed by atoms with Gasteiger partial charge in [-0.15, -0.1) is 12.4 Å². The summed E-state index contributed by atoms with van der Waals surface area (Å²) >= 11 is 0. The van der Waals surface area contributed by atoms with Gasteiger partial charge in [0.1, 0.15) is 23.4 Å². The number of fused-ring (bicyclic) bond motifs is 1. The SMILES string of the molecule is Cl.[C-]#[N+]C1(c2ccc(-c3c(F)cc(N4C[C@H](CNC(C)=O)OC4=O)cc3F)cn2)[C@@H]2CNC[C@@H]21. The number of anilines is 1. The van der Waals surface area contributed by atoms with Crippen molar-refractivity contribution < 1.29 is 23.1 Å². The van der Waals surface area contributed by atoms with E-state index in [9.17, 15) is 18.4 Å². The smallest absolute Gasteiger partial charge is 0.414 e. The third kappa shape index (κ3) is 3.75. The topological polar surface area (TPSA) is 87.9 Å². The molecule has 5 rings (SSSR count). The summed E-state index contributed by atoms with van der Waals surface area (Å²) in [5.74, 6) is -1.52. The quantitative estimate of drug-likeness (QED) is 0.631. The molecule has 178 valence electrons. The van der Waals surface area contributed by atoms with E-state index in [-0.39, 0.29) is 60.1 Å². The Morgan fingerprint density at radius 1 is 1.32 bits per heavy atom. The van der Waals surface area contributed by atoms with Crippen molar-refractivity contribution in [1.29, 1.82) is 0 Å². The lowest BCUT2D eigenvalue weighted by molar-refractivity contribution is -0.119. The number of nitrogens with zero attached hydrogens (tertiary/aromatic N) is 3. The number of hydrogen-bond acceptors (Lipinski definition) is 5. The van der Waals surface area contributed by atoms with Crippen LogP contribution in [0.15, 0.2) is 30.5 Å². The molecule has 34 heavy (non-hydrogen) atoms.